The van der Waals surface area contributed by atoms with Gasteiger partial charge in [0.1, 0.15) is 17.3 Å². The monoisotopic (exact) mass is 377 g/mol. The largest absolute Gasteiger partial charge is 0.465 e. The quantitative estimate of drug-likeness (QED) is 0.673. The molecule has 1 aromatic carbocycles. The standard InChI is InChI=1S/C20H19N5O3/c21-19-15(6-3-7-22-19)18(26)17-14-5-2-1-4-13(14)12-16(23-17)24-8-10-25(11-9-24)20(27)28/h1-7,12H,8-11H2,(H2,21,22)(H,27,28). The second kappa shape index (κ2) is 7.15. The minimum atomic E-state index is -0.922. The number of nitrogens with two attached hydrogens (primary N) is 1. The molecule has 1 amide bonds. The van der Waals surface area contributed by atoms with E-state index in [2.05, 4.69) is 9.97 Å². The number of hydrogen-bond donors (Lipinski definition) is 2. The predicted octanol–water partition coefficient (Wildman–Crippen LogP) is 2.24. The number of hydrogen-bond acceptors (Lipinski definition) is 6. The van der Waals surface area contributed by atoms with Crippen LogP contribution in [0, 0.1) is 0 Å². The number of rotatable bonds is 3. The highest BCUT2D eigenvalue weighted by atomic mass is 16.4. The first-order valence-electron chi connectivity index (χ1n) is 8.92. The lowest BCUT2D eigenvalue weighted by Gasteiger charge is -2.34. The molecule has 3 N–H and O–H groups in total. The summed E-state index contributed by atoms with van der Waals surface area (Å²) < 4.78 is 0. The van der Waals surface area contributed by atoms with Gasteiger partial charge in [-0.05, 0) is 23.6 Å². The molecule has 1 aliphatic heterocycles. The maximum atomic E-state index is 13.2. The first-order chi connectivity index (χ1) is 13.5. The van der Waals surface area contributed by atoms with Gasteiger partial charge in [-0.25, -0.2) is 14.8 Å². The Balaban J connectivity index is 1.75. The summed E-state index contributed by atoms with van der Waals surface area (Å²) in [6.45, 7) is 1.81. The van der Waals surface area contributed by atoms with E-state index in [4.69, 9.17) is 10.8 Å². The number of benzene rings is 1. The average molecular weight is 377 g/mol. The van der Waals surface area contributed by atoms with E-state index in [9.17, 15) is 9.59 Å². The average Bonchev–Trinajstić information content (AvgIpc) is 2.73. The van der Waals surface area contributed by atoms with Crippen molar-refractivity contribution in [1.29, 1.82) is 0 Å². The normalized spacial score (nSPS) is 14.3. The Morgan fingerprint density at radius 2 is 1.79 bits per heavy atom. The number of carboxylic acid groups (broad SMARTS) is 1. The molecular weight excluding hydrogens is 358 g/mol. The molecule has 8 heteroatoms. The van der Waals surface area contributed by atoms with Crippen LogP contribution in [0.15, 0.2) is 48.7 Å². The third-order valence-electron chi connectivity index (χ3n) is 4.90. The van der Waals surface area contributed by atoms with Crippen LogP contribution in [0.5, 0.6) is 0 Å². The first kappa shape index (κ1) is 17.7. The third kappa shape index (κ3) is 3.20. The van der Waals surface area contributed by atoms with Crippen LogP contribution in [0.1, 0.15) is 16.1 Å². The van der Waals surface area contributed by atoms with Crippen molar-refractivity contribution in [3.05, 3.63) is 59.9 Å². The van der Waals surface area contributed by atoms with Crippen LogP contribution in [-0.2, 0) is 0 Å². The molecular formula is C20H19N5O3. The molecule has 28 heavy (non-hydrogen) atoms. The van der Waals surface area contributed by atoms with Crippen molar-refractivity contribution in [2.24, 2.45) is 0 Å². The van der Waals surface area contributed by atoms with Gasteiger partial charge < -0.3 is 20.6 Å². The fraction of sp³-hybridized carbons (Fsp3) is 0.200. The van der Waals surface area contributed by atoms with Gasteiger partial charge in [0, 0.05) is 37.8 Å². The molecule has 3 aromatic rings. The number of nitrogen functional groups attached to an aromatic ring is 1. The van der Waals surface area contributed by atoms with Crippen LogP contribution in [0.4, 0.5) is 16.4 Å². The zero-order chi connectivity index (χ0) is 19.7. The Morgan fingerprint density at radius 1 is 1.04 bits per heavy atom. The van der Waals surface area contributed by atoms with E-state index < -0.39 is 6.09 Å². The summed E-state index contributed by atoms with van der Waals surface area (Å²) in [5.74, 6) is 0.529. The lowest BCUT2D eigenvalue weighted by Crippen LogP contribution is -2.48. The van der Waals surface area contributed by atoms with Crippen molar-refractivity contribution in [2.45, 2.75) is 0 Å². The first-order valence-corrected chi connectivity index (χ1v) is 8.92. The summed E-state index contributed by atoms with van der Waals surface area (Å²) in [4.78, 5) is 36.3. The van der Waals surface area contributed by atoms with Crippen LogP contribution in [0.2, 0.25) is 0 Å². The van der Waals surface area contributed by atoms with Crippen LogP contribution >= 0.6 is 0 Å². The van der Waals surface area contributed by atoms with Crippen molar-refractivity contribution in [3.63, 3.8) is 0 Å². The lowest BCUT2D eigenvalue weighted by atomic mass is 10.0. The molecule has 1 saturated heterocycles. The topological polar surface area (TPSA) is 113 Å². The van der Waals surface area contributed by atoms with Crippen LogP contribution < -0.4 is 10.6 Å². The van der Waals surface area contributed by atoms with E-state index in [1.165, 1.54) is 11.1 Å². The van der Waals surface area contributed by atoms with E-state index >= 15 is 0 Å². The number of anilines is 2. The van der Waals surface area contributed by atoms with Gasteiger partial charge in [0.25, 0.3) is 0 Å². The Bertz CT molecular complexity index is 1060. The highest BCUT2D eigenvalue weighted by Gasteiger charge is 2.24. The second-order valence-corrected chi connectivity index (χ2v) is 6.57. The van der Waals surface area contributed by atoms with Gasteiger partial charge in [-0.2, -0.15) is 0 Å². The Labute approximate surface area is 161 Å². The minimum Gasteiger partial charge on any atom is -0.465 e. The molecule has 0 bridgehead atoms. The predicted molar refractivity (Wildman–Crippen MR) is 106 cm³/mol. The van der Waals surface area contributed by atoms with Crippen LogP contribution in [0.25, 0.3) is 10.8 Å². The summed E-state index contributed by atoms with van der Waals surface area (Å²) in [5.41, 5.74) is 6.52. The summed E-state index contributed by atoms with van der Waals surface area (Å²) in [5, 5.41) is 10.8. The molecule has 0 radical (unpaired) electrons. The number of aromatic nitrogens is 2. The summed E-state index contributed by atoms with van der Waals surface area (Å²) >= 11 is 0. The number of amides is 1. The van der Waals surface area contributed by atoms with Crippen molar-refractivity contribution in [2.75, 3.05) is 36.8 Å². The van der Waals surface area contributed by atoms with Crippen LogP contribution in [0.3, 0.4) is 0 Å². The molecule has 2 aromatic heterocycles. The highest BCUT2D eigenvalue weighted by Crippen LogP contribution is 2.26. The van der Waals surface area contributed by atoms with E-state index in [0.717, 1.165) is 10.8 Å². The molecule has 1 aliphatic rings. The SMILES string of the molecule is Nc1ncccc1C(=O)c1nc(N2CCN(C(=O)O)CC2)cc2ccccc12. The molecule has 0 unspecified atom stereocenters. The van der Waals surface area contributed by atoms with Gasteiger partial charge in [0.05, 0.1) is 5.56 Å². The molecule has 0 aliphatic carbocycles. The van der Waals surface area contributed by atoms with E-state index in [1.54, 1.807) is 12.1 Å². The van der Waals surface area contributed by atoms with Gasteiger partial charge in [-0.15, -0.1) is 0 Å². The van der Waals surface area contributed by atoms with Gasteiger partial charge in [-0.3, -0.25) is 4.79 Å². The van der Waals surface area contributed by atoms with E-state index in [1.807, 2.05) is 35.2 Å². The van der Waals surface area contributed by atoms with Crippen molar-refractivity contribution < 1.29 is 14.7 Å². The number of pyridine rings is 2. The van der Waals surface area contributed by atoms with Crippen LogP contribution in [-0.4, -0.2) is 58.0 Å². The molecule has 0 spiro atoms. The maximum absolute atomic E-state index is 13.2. The number of piperazine rings is 1. The molecule has 0 atom stereocenters. The fourth-order valence-electron chi connectivity index (χ4n) is 3.38. The molecule has 8 nitrogen and oxygen atoms in total. The number of carbonyl (C=O) groups is 2. The Morgan fingerprint density at radius 3 is 2.50 bits per heavy atom. The Hall–Kier alpha value is -3.68. The number of nitrogens with zero attached hydrogens (tertiary/aromatic N) is 4. The zero-order valence-corrected chi connectivity index (χ0v) is 15.1. The number of ketones is 1. The number of fused-ring (bicyclic) bond motifs is 1. The molecule has 1 fully saturated rings. The Kier molecular flexibility index (Phi) is 4.52. The fourth-order valence-corrected chi connectivity index (χ4v) is 3.38. The van der Waals surface area contributed by atoms with Gasteiger partial charge in [0.15, 0.2) is 0 Å². The third-order valence-corrected chi connectivity index (χ3v) is 4.90. The maximum Gasteiger partial charge on any atom is 0.407 e. The summed E-state index contributed by atoms with van der Waals surface area (Å²) in [6, 6.07) is 12.8. The smallest absolute Gasteiger partial charge is 0.407 e. The van der Waals surface area contributed by atoms with Gasteiger partial charge in [0.2, 0.25) is 5.78 Å². The van der Waals surface area contributed by atoms with Crippen molar-refractivity contribution in [1.82, 2.24) is 14.9 Å². The van der Waals surface area contributed by atoms with E-state index in [-0.39, 0.29) is 11.6 Å². The van der Waals surface area contributed by atoms with Crippen molar-refractivity contribution in [3.8, 4) is 0 Å². The summed E-state index contributed by atoms with van der Waals surface area (Å²) in [7, 11) is 0. The van der Waals surface area contributed by atoms with Crippen molar-refractivity contribution >= 4 is 34.3 Å². The summed E-state index contributed by atoms with van der Waals surface area (Å²) in [6.07, 6.45) is 0.616. The van der Waals surface area contributed by atoms with Gasteiger partial charge in [-0.1, -0.05) is 24.3 Å². The number of carbonyl (C=O) groups excluding carboxylic acids is 1. The van der Waals surface area contributed by atoms with Gasteiger partial charge >= 0.3 is 6.09 Å². The minimum absolute atomic E-state index is 0.166. The lowest BCUT2D eigenvalue weighted by molar-refractivity contribution is 0.103. The highest BCUT2D eigenvalue weighted by molar-refractivity contribution is 6.17. The molecule has 4 rings (SSSR count). The van der Waals surface area contributed by atoms with E-state index in [0.29, 0.717) is 43.3 Å². The molecule has 142 valence electrons. The second-order valence-electron chi connectivity index (χ2n) is 6.57. The molecule has 3 heterocycles. The zero-order valence-electron chi connectivity index (χ0n) is 15.1. The molecule has 0 saturated carbocycles.